The fourth-order valence-electron chi connectivity index (χ4n) is 3.52. The van der Waals surface area contributed by atoms with Crippen molar-refractivity contribution >= 4 is 33.5 Å². The van der Waals surface area contributed by atoms with Crippen molar-refractivity contribution in [1.82, 2.24) is 4.72 Å². The molecule has 142 valence electrons. The number of nitrogens with one attached hydrogen (secondary N) is 1. The Bertz CT molecular complexity index is 1000. The number of hydrogen-bond donors (Lipinski definition) is 2. The molecule has 2 aliphatic heterocycles. The summed E-state index contributed by atoms with van der Waals surface area (Å²) in [7, 11) is -3.70. The summed E-state index contributed by atoms with van der Waals surface area (Å²) in [4.78, 5) is 6.36. The van der Waals surface area contributed by atoms with E-state index in [1.807, 2.05) is 31.3 Å². The van der Waals surface area contributed by atoms with Gasteiger partial charge in [0.15, 0.2) is 0 Å². The Morgan fingerprint density at radius 3 is 2.70 bits per heavy atom. The molecule has 0 aliphatic carbocycles. The highest BCUT2D eigenvalue weighted by molar-refractivity contribution is 7.89. The maximum Gasteiger partial charge on any atom is 0.241 e. The average Bonchev–Trinajstić information content (AvgIpc) is 3.40. The third kappa shape index (κ3) is 3.67. The zero-order valence-corrected chi connectivity index (χ0v) is 16.3. The van der Waals surface area contributed by atoms with Crippen molar-refractivity contribution in [1.29, 1.82) is 0 Å². The molecule has 1 fully saturated rings. The first kappa shape index (κ1) is 18.3. The number of phenolic OH excluding ortho intramolecular Hbond substituents is 1. The van der Waals surface area contributed by atoms with Gasteiger partial charge in [0.2, 0.25) is 10.0 Å². The van der Waals surface area contributed by atoms with E-state index in [0.717, 1.165) is 17.8 Å². The van der Waals surface area contributed by atoms with E-state index in [0.29, 0.717) is 11.4 Å². The number of sulfonamides is 1. The van der Waals surface area contributed by atoms with Crippen LogP contribution in [0.5, 0.6) is 5.75 Å². The normalized spacial score (nSPS) is 24.4. The second kappa shape index (κ2) is 6.82. The molecule has 2 aromatic rings. The van der Waals surface area contributed by atoms with Gasteiger partial charge in [-0.1, -0.05) is 23.7 Å². The van der Waals surface area contributed by atoms with E-state index >= 15 is 0 Å². The Morgan fingerprint density at radius 2 is 2.04 bits per heavy atom. The van der Waals surface area contributed by atoms with Crippen molar-refractivity contribution in [2.75, 3.05) is 11.4 Å². The van der Waals surface area contributed by atoms with Crippen molar-refractivity contribution < 1.29 is 13.5 Å². The van der Waals surface area contributed by atoms with E-state index in [9.17, 15) is 13.5 Å². The van der Waals surface area contributed by atoms with Crippen LogP contribution in [0, 0.1) is 0 Å². The molecule has 0 saturated carbocycles. The minimum Gasteiger partial charge on any atom is -0.508 e. The minimum atomic E-state index is -3.70. The Balaban J connectivity index is 1.50. The Hall–Kier alpha value is -2.09. The van der Waals surface area contributed by atoms with Gasteiger partial charge in [-0.25, -0.2) is 13.1 Å². The summed E-state index contributed by atoms with van der Waals surface area (Å²) in [6.45, 7) is 2.72. The quantitative estimate of drug-likeness (QED) is 0.800. The third-order valence-corrected chi connectivity index (χ3v) is 6.94. The van der Waals surface area contributed by atoms with Crippen LogP contribution < -0.4 is 9.62 Å². The van der Waals surface area contributed by atoms with Gasteiger partial charge >= 0.3 is 0 Å². The summed E-state index contributed by atoms with van der Waals surface area (Å²) >= 11 is 6.39. The predicted octanol–water partition coefficient (Wildman–Crippen LogP) is 3.12. The summed E-state index contributed by atoms with van der Waals surface area (Å²) in [5, 5.41) is 10.2. The summed E-state index contributed by atoms with van der Waals surface area (Å²) in [6.07, 6.45) is 2.54. The predicted molar refractivity (Wildman–Crippen MR) is 106 cm³/mol. The molecule has 2 aromatic carbocycles. The van der Waals surface area contributed by atoms with Gasteiger partial charge in [0, 0.05) is 41.1 Å². The summed E-state index contributed by atoms with van der Waals surface area (Å²) in [5.41, 5.74) is 1.96. The number of aromatic hydroxyl groups is 1. The van der Waals surface area contributed by atoms with E-state index in [4.69, 9.17) is 11.6 Å². The first-order valence-electron chi connectivity index (χ1n) is 8.76. The van der Waals surface area contributed by atoms with Crippen molar-refractivity contribution in [2.24, 2.45) is 4.99 Å². The lowest BCUT2D eigenvalue weighted by atomic mass is 10.1. The lowest BCUT2D eigenvalue weighted by molar-refractivity contribution is 0.472. The van der Waals surface area contributed by atoms with E-state index in [2.05, 4.69) is 14.6 Å². The van der Waals surface area contributed by atoms with Gasteiger partial charge in [-0.05, 0) is 43.7 Å². The Morgan fingerprint density at radius 1 is 1.26 bits per heavy atom. The van der Waals surface area contributed by atoms with Crippen molar-refractivity contribution in [3.05, 3.63) is 53.1 Å². The molecule has 3 atom stereocenters. The SMILES string of the molecule is C[C@H]1[C@H](NS(=O)(=O)c2cccc(O)c2)CCN1c1ccc(C2C=N2)c(Cl)c1. The number of halogens is 1. The molecule has 0 radical (unpaired) electrons. The molecule has 27 heavy (non-hydrogen) atoms. The number of phenols is 1. The molecule has 0 amide bonds. The van der Waals surface area contributed by atoms with Crippen LogP contribution in [0.2, 0.25) is 5.02 Å². The highest BCUT2D eigenvalue weighted by Crippen LogP contribution is 2.35. The van der Waals surface area contributed by atoms with Gasteiger partial charge in [-0.15, -0.1) is 0 Å². The molecule has 8 heteroatoms. The number of nitrogens with zero attached hydrogens (tertiary/aromatic N) is 2. The molecule has 0 aromatic heterocycles. The monoisotopic (exact) mass is 405 g/mol. The zero-order valence-electron chi connectivity index (χ0n) is 14.7. The third-order valence-electron chi connectivity index (χ3n) is 5.12. The van der Waals surface area contributed by atoms with Crippen LogP contribution in [0.4, 0.5) is 5.69 Å². The molecule has 2 heterocycles. The van der Waals surface area contributed by atoms with Crippen LogP contribution in [-0.4, -0.2) is 38.4 Å². The first-order valence-corrected chi connectivity index (χ1v) is 10.6. The van der Waals surface area contributed by atoms with Crippen molar-refractivity contribution in [2.45, 2.75) is 36.4 Å². The Kier molecular flexibility index (Phi) is 4.61. The molecular formula is C19H20ClN3O3S. The standard InChI is InChI=1S/C19H20ClN3O3S/c1-12-18(22-27(25,26)15-4-2-3-14(24)10-15)7-8-23(12)13-5-6-16(17(20)9-13)19-11-21-19/h2-6,9-12,18-19,22,24H,7-8H2,1H3/t12-,18+,19?/m0/s1. The van der Waals surface area contributed by atoms with Gasteiger partial charge in [-0.2, -0.15) is 0 Å². The van der Waals surface area contributed by atoms with Crippen LogP contribution in [0.15, 0.2) is 52.4 Å². The zero-order chi connectivity index (χ0) is 19.2. The number of aliphatic imine (C=N–C) groups is 1. The second-order valence-corrected chi connectivity index (χ2v) is 9.02. The van der Waals surface area contributed by atoms with Gasteiger partial charge in [0.1, 0.15) is 11.8 Å². The fraction of sp³-hybridized carbons (Fsp3) is 0.316. The molecule has 4 rings (SSSR count). The van der Waals surface area contributed by atoms with Crippen LogP contribution in [0.25, 0.3) is 0 Å². The van der Waals surface area contributed by atoms with Crippen LogP contribution in [-0.2, 0) is 10.0 Å². The molecule has 6 nitrogen and oxygen atoms in total. The average molecular weight is 406 g/mol. The van der Waals surface area contributed by atoms with Crippen LogP contribution in [0.1, 0.15) is 24.9 Å². The molecule has 0 spiro atoms. The van der Waals surface area contributed by atoms with Gasteiger partial charge in [0.25, 0.3) is 0 Å². The van der Waals surface area contributed by atoms with Crippen LogP contribution in [0.3, 0.4) is 0 Å². The lowest BCUT2D eigenvalue weighted by Crippen LogP contribution is -2.43. The van der Waals surface area contributed by atoms with E-state index < -0.39 is 10.0 Å². The lowest BCUT2D eigenvalue weighted by Gasteiger charge is -2.27. The van der Waals surface area contributed by atoms with Crippen LogP contribution >= 0.6 is 11.6 Å². The molecule has 0 bridgehead atoms. The highest BCUT2D eigenvalue weighted by Gasteiger charge is 2.34. The maximum absolute atomic E-state index is 12.6. The smallest absolute Gasteiger partial charge is 0.241 e. The van der Waals surface area contributed by atoms with E-state index in [-0.39, 0.29) is 28.8 Å². The first-order chi connectivity index (χ1) is 12.8. The van der Waals surface area contributed by atoms with E-state index in [1.165, 1.54) is 24.3 Å². The fourth-order valence-corrected chi connectivity index (χ4v) is 5.19. The van der Waals surface area contributed by atoms with Gasteiger partial charge in [0.05, 0.1) is 4.90 Å². The van der Waals surface area contributed by atoms with Gasteiger partial charge in [-0.3, -0.25) is 4.99 Å². The Labute approximate surface area is 163 Å². The van der Waals surface area contributed by atoms with E-state index in [1.54, 1.807) is 0 Å². The number of rotatable bonds is 5. The molecule has 1 unspecified atom stereocenters. The highest BCUT2D eigenvalue weighted by atomic mass is 35.5. The summed E-state index contributed by atoms with van der Waals surface area (Å²) in [6, 6.07) is 11.4. The second-order valence-electron chi connectivity index (χ2n) is 6.90. The maximum atomic E-state index is 12.6. The number of benzene rings is 2. The van der Waals surface area contributed by atoms with Gasteiger partial charge < -0.3 is 10.0 Å². The summed E-state index contributed by atoms with van der Waals surface area (Å²) in [5.74, 6) is -0.0756. The summed E-state index contributed by atoms with van der Waals surface area (Å²) < 4.78 is 28.0. The molecule has 2 N–H and O–H groups in total. The molecule has 1 saturated heterocycles. The molecule has 2 aliphatic rings. The topological polar surface area (TPSA) is 82.0 Å². The minimum absolute atomic E-state index is 0.0313. The van der Waals surface area contributed by atoms with Crippen molar-refractivity contribution in [3.63, 3.8) is 0 Å². The van der Waals surface area contributed by atoms with Crippen molar-refractivity contribution in [3.8, 4) is 5.75 Å². The number of anilines is 1. The largest absolute Gasteiger partial charge is 0.508 e. The number of hydrogen-bond acceptors (Lipinski definition) is 5. The molecular weight excluding hydrogens is 386 g/mol.